The van der Waals surface area contributed by atoms with Crippen LogP contribution in [0.25, 0.3) is 0 Å². The maximum Gasteiger partial charge on any atom is 0.188 e. The Kier molecular flexibility index (Phi) is 7.00. The second-order valence-corrected chi connectivity index (χ2v) is 6.79. The molecule has 1 aliphatic carbocycles. The normalized spacial score (nSPS) is 20.2. The van der Waals surface area contributed by atoms with Crippen molar-refractivity contribution in [1.29, 1.82) is 0 Å². The highest BCUT2D eigenvalue weighted by atomic mass is 127. The lowest BCUT2D eigenvalue weighted by molar-refractivity contribution is 0.0523. The molecule has 2 aliphatic rings. The van der Waals surface area contributed by atoms with Crippen molar-refractivity contribution >= 4 is 41.5 Å². The molecule has 0 radical (unpaired) electrons. The van der Waals surface area contributed by atoms with Crippen LogP contribution in [0.15, 0.2) is 23.2 Å². The van der Waals surface area contributed by atoms with Crippen LogP contribution >= 0.6 is 35.6 Å². The van der Waals surface area contributed by atoms with Gasteiger partial charge in [-0.25, -0.2) is 0 Å². The highest BCUT2D eigenvalue weighted by molar-refractivity contribution is 14.0. The molecule has 0 amide bonds. The lowest BCUT2D eigenvalue weighted by Gasteiger charge is -2.37. The van der Waals surface area contributed by atoms with E-state index in [0.29, 0.717) is 36.8 Å². The fourth-order valence-electron chi connectivity index (χ4n) is 3.09. The van der Waals surface area contributed by atoms with Crippen LogP contribution < -0.4 is 15.8 Å². The van der Waals surface area contributed by atoms with Crippen LogP contribution in [0.5, 0.6) is 5.75 Å². The van der Waals surface area contributed by atoms with Crippen LogP contribution in [-0.4, -0.2) is 38.9 Å². The third-order valence-electron chi connectivity index (χ3n) is 4.66. The van der Waals surface area contributed by atoms with Gasteiger partial charge in [0.1, 0.15) is 5.75 Å². The smallest absolute Gasteiger partial charge is 0.188 e. The largest absolute Gasteiger partial charge is 0.496 e. The van der Waals surface area contributed by atoms with Crippen molar-refractivity contribution in [3.63, 3.8) is 0 Å². The Labute approximate surface area is 165 Å². The van der Waals surface area contributed by atoms with E-state index < -0.39 is 0 Å². The van der Waals surface area contributed by atoms with Gasteiger partial charge in [0, 0.05) is 35.3 Å². The molecule has 7 heteroatoms. The zero-order valence-electron chi connectivity index (χ0n) is 13.9. The Morgan fingerprint density at radius 3 is 2.75 bits per heavy atom. The number of methoxy groups -OCH3 is 1. The molecule has 3 rings (SSSR count). The van der Waals surface area contributed by atoms with Crippen molar-refractivity contribution < 1.29 is 9.47 Å². The highest BCUT2D eigenvalue weighted by Crippen LogP contribution is 2.41. The SMILES string of the molecule is COc1ccc(Cl)cc1C1(CN=C(N)NC2CC2)CCOCC1.I. The molecule has 1 aromatic carbocycles. The molecule has 0 spiro atoms. The summed E-state index contributed by atoms with van der Waals surface area (Å²) in [6.07, 6.45) is 4.11. The minimum absolute atomic E-state index is 0. The summed E-state index contributed by atoms with van der Waals surface area (Å²) in [6, 6.07) is 6.27. The number of ether oxygens (including phenoxy) is 2. The quantitative estimate of drug-likeness (QED) is 0.398. The van der Waals surface area contributed by atoms with Gasteiger partial charge in [0.05, 0.1) is 13.7 Å². The zero-order chi connectivity index (χ0) is 16.3. The first kappa shape index (κ1) is 19.6. The third kappa shape index (κ3) is 4.67. The van der Waals surface area contributed by atoms with E-state index in [0.717, 1.165) is 24.2 Å². The first-order chi connectivity index (χ1) is 11.1. The molecule has 1 heterocycles. The van der Waals surface area contributed by atoms with Gasteiger partial charge in [0.2, 0.25) is 0 Å². The van der Waals surface area contributed by atoms with Gasteiger partial charge in [0.25, 0.3) is 0 Å². The fourth-order valence-corrected chi connectivity index (χ4v) is 3.26. The molecule has 24 heavy (non-hydrogen) atoms. The number of benzene rings is 1. The number of guanidine groups is 1. The molecule has 1 aromatic rings. The second kappa shape index (κ2) is 8.58. The van der Waals surface area contributed by atoms with Crippen LogP contribution in [-0.2, 0) is 10.2 Å². The molecule has 1 aliphatic heterocycles. The number of nitrogens with two attached hydrogens (primary N) is 1. The number of hydrogen-bond donors (Lipinski definition) is 2. The van der Waals surface area contributed by atoms with E-state index >= 15 is 0 Å². The molecule has 1 saturated heterocycles. The van der Waals surface area contributed by atoms with Gasteiger partial charge in [0.15, 0.2) is 5.96 Å². The number of nitrogens with one attached hydrogen (secondary N) is 1. The van der Waals surface area contributed by atoms with E-state index in [1.54, 1.807) is 7.11 Å². The molecular formula is C17H25ClIN3O2. The Bertz CT molecular complexity index is 587. The number of hydrogen-bond acceptors (Lipinski definition) is 3. The molecular weight excluding hydrogens is 441 g/mol. The average molecular weight is 466 g/mol. The van der Waals surface area contributed by atoms with E-state index in [2.05, 4.69) is 10.3 Å². The van der Waals surface area contributed by atoms with E-state index in [9.17, 15) is 0 Å². The Morgan fingerprint density at radius 2 is 2.12 bits per heavy atom. The van der Waals surface area contributed by atoms with Gasteiger partial charge in [-0.3, -0.25) is 4.99 Å². The van der Waals surface area contributed by atoms with Crippen molar-refractivity contribution in [2.75, 3.05) is 26.9 Å². The van der Waals surface area contributed by atoms with Crippen molar-refractivity contribution in [3.8, 4) is 5.75 Å². The monoisotopic (exact) mass is 465 g/mol. The summed E-state index contributed by atoms with van der Waals surface area (Å²) in [6.45, 7) is 2.03. The summed E-state index contributed by atoms with van der Waals surface area (Å²) in [5.74, 6) is 1.37. The number of halogens is 2. The maximum absolute atomic E-state index is 6.24. The van der Waals surface area contributed by atoms with E-state index in [1.165, 1.54) is 12.8 Å². The zero-order valence-corrected chi connectivity index (χ0v) is 17.0. The van der Waals surface area contributed by atoms with Crippen LogP contribution in [0.1, 0.15) is 31.2 Å². The van der Waals surface area contributed by atoms with Gasteiger partial charge in [-0.1, -0.05) is 11.6 Å². The average Bonchev–Trinajstić information content (AvgIpc) is 3.38. The summed E-state index contributed by atoms with van der Waals surface area (Å²) in [7, 11) is 1.69. The minimum Gasteiger partial charge on any atom is -0.496 e. The third-order valence-corrected chi connectivity index (χ3v) is 4.90. The van der Waals surface area contributed by atoms with Crippen molar-refractivity contribution in [1.82, 2.24) is 5.32 Å². The molecule has 5 nitrogen and oxygen atoms in total. The number of nitrogens with zero attached hydrogens (tertiary/aromatic N) is 1. The number of rotatable bonds is 5. The van der Waals surface area contributed by atoms with Crippen LogP contribution in [0.3, 0.4) is 0 Å². The summed E-state index contributed by atoms with van der Waals surface area (Å²) >= 11 is 6.24. The Hall–Kier alpha value is -0.730. The van der Waals surface area contributed by atoms with Gasteiger partial charge in [-0.2, -0.15) is 0 Å². The number of aliphatic imine (C=N–C) groups is 1. The van der Waals surface area contributed by atoms with E-state index in [1.807, 2.05) is 18.2 Å². The maximum atomic E-state index is 6.24. The van der Waals surface area contributed by atoms with Crippen molar-refractivity contribution in [3.05, 3.63) is 28.8 Å². The van der Waals surface area contributed by atoms with Crippen molar-refractivity contribution in [2.45, 2.75) is 37.1 Å². The lowest BCUT2D eigenvalue weighted by Crippen LogP contribution is -2.40. The van der Waals surface area contributed by atoms with E-state index in [-0.39, 0.29) is 29.4 Å². The topological polar surface area (TPSA) is 68.9 Å². The molecule has 0 aromatic heterocycles. The van der Waals surface area contributed by atoms with Gasteiger partial charge in [-0.05, 0) is 43.9 Å². The molecule has 0 atom stereocenters. The first-order valence-corrected chi connectivity index (χ1v) is 8.49. The molecule has 0 bridgehead atoms. The molecule has 1 saturated carbocycles. The Balaban J connectivity index is 0.00000208. The molecule has 3 N–H and O–H groups in total. The molecule has 134 valence electrons. The first-order valence-electron chi connectivity index (χ1n) is 8.11. The standard InChI is InChI=1S/C17H24ClN3O2.HI/c1-22-15-5-2-12(18)10-14(15)17(6-8-23-9-7-17)11-20-16(19)21-13-3-4-13;/h2,5,10,13H,3-4,6-9,11H2,1H3,(H3,19,20,21);1H. The fraction of sp³-hybridized carbons (Fsp3) is 0.588. The van der Waals surface area contributed by atoms with E-state index in [4.69, 9.17) is 26.8 Å². The van der Waals surface area contributed by atoms with Crippen molar-refractivity contribution in [2.24, 2.45) is 10.7 Å². The van der Waals surface area contributed by atoms with Crippen LogP contribution in [0.2, 0.25) is 5.02 Å². The predicted octanol–water partition coefficient (Wildman–Crippen LogP) is 3.08. The summed E-state index contributed by atoms with van der Waals surface area (Å²) in [5, 5.41) is 3.95. The van der Waals surface area contributed by atoms with Gasteiger partial charge < -0.3 is 20.5 Å². The minimum atomic E-state index is -0.148. The lowest BCUT2D eigenvalue weighted by atomic mass is 9.73. The van der Waals surface area contributed by atoms with Gasteiger partial charge in [-0.15, -0.1) is 24.0 Å². The summed E-state index contributed by atoms with van der Waals surface area (Å²) in [5.41, 5.74) is 6.97. The highest BCUT2D eigenvalue weighted by Gasteiger charge is 2.37. The van der Waals surface area contributed by atoms with Gasteiger partial charge >= 0.3 is 0 Å². The van der Waals surface area contributed by atoms with Crippen LogP contribution in [0, 0.1) is 0 Å². The summed E-state index contributed by atoms with van der Waals surface area (Å²) in [4.78, 5) is 4.61. The molecule has 2 fully saturated rings. The van der Waals surface area contributed by atoms with Crippen LogP contribution in [0.4, 0.5) is 0 Å². The summed E-state index contributed by atoms with van der Waals surface area (Å²) < 4.78 is 11.1. The second-order valence-electron chi connectivity index (χ2n) is 6.36. The molecule has 0 unspecified atom stereocenters. The predicted molar refractivity (Wildman–Crippen MR) is 108 cm³/mol. The Morgan fingerprint density at radius 1 is 1.42 bits per heavy atom.